The van der Waals surface area contributed by atoms with Gasteiger partial charge in [0, 0.05) is 16.2 Å². The maximum Gasteiger partial charge on any atom is 0.301 e. The maximum absolute atomic E-state index is 6.35. The molecule has 6 rings (SSSR count). The van der Waals surface area contributed by atoms with Crippen LogP contribution in [0.15, 0.2) is 65.1 Å². The maximum atomic E-state index is 6.35. The van der Waals surface area contributed by atoms with Crippen molar-refractivity contribution in [3.05, 3.63) is 66.2 Å². The van der Waals surface area contributed by atoms with E-state index in [0.717, 1.165) is 11.2 Å². The number of fused-ring (bicyclic) bond motifs is 6. The van der Waals surface area contributed by atoms with Crippen LogP contribution in [0.3, 0.4) is 0 Å². The Labute approximate surface area is 166 Å². The molecule has 3 heterocycles. The summed E-state index contributed by atoms with van der Waals surface area (Å²) < 4.78 is 12.3. The van der Waals surface area contributed by atoms with Gasteiger partial charge in [0.05, 0.1) is 19.7 Å². The second-order valence-corrected chi connectivity index (χ2v) is 8.43. The van der Waals surface area contributed by atoms with E-state index >= 15 is 0 Å². The third-order valence-electron chi connectivity index (χ3n) is 5.82. The molecule has 0 saturated heterocycles. The second-order valence-electron chi connectivity index (χ2n) is 7.43. The van der Waals surface area contributed by atoms with Gasteiger partial charge in [-0.25, -0.2) is 9.13 Å². The lowest BCUT2D eigenvalue weighted by atomic mass is 10.0. The van der Waals surface area contributed by atoms with Gasteiger partial charge in [0.15, 0.2) is 5.01 Å². The summed E-state index contributed by atoms with van der Waals surface area (Å²) in [4.78, 5) is 0. The summed E-state index contributed by atoms with van der Waals surface area (Å²) >= 11 is 1.85. The standard InChI is InChI=1S/C24H19N2OS/c1-14-12-13-16-15-8-5-7-11-19(15)27-21(16)20(14)24-26(3)23-22(28-24)17-9-4-6-10-18(17)25(23)2/h4-13H,1-3H3/q+1. The van der Waals surface area contributed by atoms with Gasteiger partial charge in [-0.2, -0.15) is 0 Å². The van der Waals surface area contributed by atoms with E-state index in [4.69, 9.17) is 4.42 Å². The predicted molar refractivity (Wildman–Crippen MR) is 117 cm³/mol. The van der Waals surface area contributed by atoms with E-state index in [9.17, 15) is 0 Å². The van der Waals surface area contributed by atoms with Crippen LogP contribution < -0.4 is 4.57 Å². The van der Waals surface area contributed by atoms with Crippen LogP contribution in [0, 0.1) is 6.92 Å². The minimum atomic E-state index is 0.943. The molecule has 0 unspecified atom stereocenters. The molecule has 0 radical (unpaired) electrons. The molecule has 4 heteroatoms. The molecule has 28 heavy (non-hydrogen) atoms. The molecule has 3 nitrogen and oxygen atoms in total. The first-order chi connectivity index (χ1) is 13.6. The first kappa shape index (κ1) is 15.9. The van der Waals surface area contributed by atoms with E-state index in [1.807, 2.05) is 23.5 Å². The number of rotatable bonds is 1. The average molecular weight is 383 g/mol. The van der Waals surface area contributed by atoms with E-state index in [0.29, 0.717) is 0 Å². The normalized spacial score (nSPS) is 12.1. The summed E-state index contributed by atoms with van der Waals surface area (Å²) in [5.74, 6) is 0. The Morgan fingerprint density at radius 1 is 0.893 bits per heavy atom. The smallest absolute Gasteiger partial charge is 0.301 e. The molecule has 0 bridgehead atoms. The van der Waals surface area contributed by atoms with Crippen molar-refractivity contribution in [2.75, 3.05) is 0 Å². The van der Waals surface area contributed by atoms with E-state index in [-0.39, 0.29) is 0 Å². The van der Waals surface area contributed by atoms with Crippen LogP contribution in [-0.2, 0) is 14.1 Å². The Hall–Kier alpha value is -3.11. The van der Waals surface area contributed by atoms with E-state index in [1.54, 1.807) is 0 Å². The second kappa shape index (κ2) is 5.46. The lowest BCUT2D eigenvalue weighted by Crippen LogP contribution is -2.30. The number of hydrogen-bond donors (Lipinski definition) is 0. The first-order valence-corrected chi connectivity index (χ1v) is 10.2. The molecular weight excluding hydrogens is 364 g/mol. The molecule has 0 aliphatic carbocycles. The minimum Gasteiger partial charge on any atom is -0.455 e. The Bertz CT molecular complexity index is 1550. The highest BCUT2D eigenvalue weighted by molar-refractivity contribution is 7.22. The zero-order valence-corrected chi connectivity index (χ0v) is 16.8. The van der Waals surface area contributed by atoms with E-state index < -0.39 is 0 Å². The van der Waals surface area contributed by atoms with E-state index in [1.165, 1.54) is 48.2 Å². The van der Waals surface area contributed by atoms with Crippen LogP contribution in [0.5, 0.6) is 0 Å². The molecule has 136 valence electrons. The Morgan fingerprint density at radius 3 is 2.50 bits per heavy atom. The average Bonchev–Trinajstić information content (AvgIpc) is 3.33. The third kappa shape index (κ3) is 1.90. The third-order valence-corrected chi connectivity index (χ3v) is 7.10. The van der Waals surface area contributed by atoms with Gasteiger partial charge in [0.1, 0.15) is 21.4 Å². The number of para-hydroxylation sites is 2. The summed E-state index contributed by atoms with van der Waals surface area (Å²) in [5.41, 5.74) is 6.86. The van der Waals surface area contributed by atoms with Gasteiger partial charge in [-0.05, 0) is 30.7 Å². The fraction of sp³-hybridized carbons (Fsp3) is 0.125. The molecule has 6 aromatic rings. The van der Waals surface area contributed by atoms with Gasteiger partial charge in [0.2, 0.25) is 0 Å². The van der Waals surface area contributed by atoms with E-state index in [2.05, 4.69) is 78.7 Å². The van der Waals surface area contributed by atoms with Crippen molar-refractivity contribution < 1.29 is 8.98 Å². The Kier molecular flexibility index (Phi) is 3.10. The molecule has 0 saturated carbocycles. The lowest BCUT2D eigenvalue weighted by molar-refractivity contribution is -0.632. The highest BCUT2D eigenvalue weighted by Crippen LogP contribution is 2.41. The van der Waals surface area contributed by atoms with Gasteiger partial charge < -0.3 is 4.42 Å². The number of furan rings is 1. The highest BCUT2D eigenvalue weighted by Gasteiger charge is 2.27. The quantitative estimate of drug-likeness (QED) is 0.315. The van der Waals surface area contributed by atoms with Crippen molar-refractivity contribution in [1.29, 1.82) is 0 Å². The zero-order valence-electron chi connectivity index (χ0n) is 16.0. The largest absolute Gasteiger partial charge is 0.455 e. The molecule has 0 fully saturated rings. The minimum absolute atomic E-state index is 0.943. The van der Waals surface area contributed by atoms with Crippen molar-refractivity contribution in [3.63, 3.8) is 0 Å². The summed E-state index contributed by atoms with van der Waals surface area (Å²) in [6, 6.07) is 21.3. The van der Waals surface area contributed by atoms with Gasteiger partial charge in [0.25, 0.3) is 0 Å². The van der Waals surface area contributed by atoms with Gasteiger partial charge in [-0.15, -0.1) is 0 Å². The van der Waals surface area contributed by atoms with Crippen molar-refractivity contribution >= 4 is 54.5 Å². The molecule has 0 aliphatic heterocycles. The Morgan fingerprint density at radius 2 is 1.64 bits per heavy atom. The van der Waals surface area contributed by atoms with Crippen LogP contribution in [0.2, 0.25) is 0 Å². The van der Waals surface area contributed by atoms with Crippen molar-refractivity contribution in [2.24, 2.45) is 14.1 Å². The summed E-state index contributed by atoms with van der Waals surface area (Å²) in [6.45, 7) is 2.17. The molecule has 0 amide bonds. The van der Waals surface area contributed by atoms with Crippen molar-refractivity contribution in [2.45, 2.75) is 6.92 Å². The molecule has 0 aliphatic rings. The van der Waals surface area contributed by atoms with Gasteiger partial charge >= 0.3 is 5.65 Å². The molecule has 0 N–H and O–H groups in total. The fourth-order valence-corrected chi connectivity index (χ4v) is 5.88. The van der Waals surface area contributed by atoms with Crippen LogP contribution >= 0.6 is 11.3 Å². The molecule has 0 atom stereocenters. The number of aromatic nitrogens is 2. The number of thiazole rings is 1. The van der Waals surface area contributed by atoms with Gasteiger partial charge in [-0.1, -0.05) is 53.8 Å². The van der Waals surface area contributed by atoms with Crippen molar-refractivity contribution in [3.8, 4) is 10.6 Å². The van der Waals surface area contributed by atoms with Crippen LogP contribution in [0.1, 0.15) is 5.56 Å². The Balaban J connectivity index is 1.76. The number of hydrogen-bond acceptors (Lipinski definition) is 2. The lowest BCUT2D eigenvalue weighted by Gasteiger charge is -2.04. The summed E-state index contributed by atoms with van der Waals surface area (Å²) in [7, 11) is 4.31. The topological polar surface area (TPSA) is 21.9 Å². The van der Waals surface area contributed by atoms with Gasteiger partial charge in [-0.3, -0.25) is 0 Å². The monoisotopic (exact) mass is 383 g/mol. The summed E-state index contributed by atoms with van der Waals surface area (Å²) in [5, 5.41) is 4.89. The fourth-order valence-electron chi connectivity index (χ4n) is 4.46. The van der Waals surface area contributed by atoms with Crippen LogP contribution in [-0.4, -0.2) is 4.57 Å². The van der Waals surface area contributed by atoms with Crippen LogP contribution in [0.25, 0.3) is 53.8 Å². The highest BCUT2D eigenvalue weighted by atomic mass is 32.1. The predicted octanol–water partition coefficient (Wildman–Crippen LogP) is 6.09. The first-order valence-electron chi connectivity index (χ1n) is 9.42. The molecule has 0 spiro atoms. The number of benzene rings is 3. The summed E-state index contributed by atoms with van der Waals surface area (Å²) in [6.07, 6.45) is 0. The molecule has 3 aromatic heterocycles. The molecule has 3 aromatic carbocycles. The SMILES string of the molecule is Cc1ccc2c(oc3ccccc32)c1-c1sc2c3ccccc3n(C)c2[n+]1C. The zero-order chi connectivity index (χ0) is 19.0. The molecular formula is C24H19N2OS+. The van der Waals surface area contributed by atoms with Crippen LogP contribution in [0.4, 0.5) is 0 Å². The number of aryl methyl sites for hydroxylation is 3. The van der Waals surface area contributed by atoms with Crippen molar-refractivity contribution in [1.82, 2.24) is 4.57 Å². The number of nitrogens with zero attached hydrogens (tertiary/aromatic N) is 2.